The third-order valence-corrected chi connectivity index (χ3v) is 2.37. The molecule has 86 valence electrons. The van der Waals surface area contributed by atoms with E-state index in [2.05, 4.69) is 6.92 Å². The molecule has 1 aromatic carbocycles. The van der Waals surface area contributed by atoms with Crippen molar-refractivity contribution in [2.24, 2.45) is 0 Å². The fraction of sp³-hybridized carbons (Fsp3) is 0.357. The van der Waals surface area contributed by atoms with Gasteiger partial charge in [0.1, 0.15) is 5.75 Å². The van der Waals surface area contributed by atoms with Crippen LogP contribution in [0.4, 0.5) is 0 Å². The van der Waals surface area contributed by atoms with Crippen molar-refractivity contribution in [2.45, 2.75) is 26.2 Å². The number of hydrogen-bond acceptors (Lipinski definition) is 2. The molecule has 0 N–H and O–H groups in total. The molecule has 0 atom stereocenters. The molecule has 0 aromatic heterocycles. The molecule has 0 aliphatic carbocycles. The highest BCUT2D eigenvalue weighted by molar-refractivity contribution is 6.04. The molecule has 1 aromatic rings. The Bertz CT molecular complexity index is 350. The van der Waals surface area contributed by atoms with Crippen molar-refractivity contribution in [3.05, 3.63) is 42.0 Å². The zero-order chi connectivity index (χ0) is 11.8. The van der Waals surface area contributed by atoms with E-state index in [0.717, 1.165) is 25.0 Å². The first-order valence-corrected chi connectivity index (χ1v) is 5.63. The highest BCUT2D eigenvalue weighted by Gasteiger charge is 2.00. The average molecular weight is 218 g/mol. The minimum Gasteiger partial charge on any atom is -0.497 e. The van der Waals surface area contributed by atoms with Crippen molar-refractivity contribution < 1.29 is 9.53 Å². The molecule has 0 aliphatic heterocycles. The second-order valence-electron chi connectivity index (χ2n) is 3.64. The number of rotatable bonds is 6. The van der Waals surface area contributed by atoms with E-state index in [1.54, 1.807) is 37.5 Å². The number of methoxy groups -OCH3 is 1. The summed E-state index contributed by atoms with van der Waals surface area (Å²) in [6, 6.07) is 7.16. The van der Waals surface area contributed by atoms with Crippen LogP contribution in [0, 0.1) is 0 Å². The maximum atomic E-state index is 11.7. The van der Waals surface area contributed by atoms with Crippen LogP contribution in [0.25, 0.3) is 0 Å². The lowest BCUT2D eigenvalue weighted by atomic mass is 10.1. The lowest BCUT2D eigenvalue weighted by Crippen LogP contribution is -1.94. The first-order chi connectivity index (χ1) is 7.77. The van der Waals surface area contributed by atoms with E-state index >= 15 is 0 Å². The predicted molar refractivity (Wildman–Crippen MR) is 66.0 cm³/mol. The summed E-state index contributed by atoms with van der Waals surface area (Å²) in [5.41, 5.74) is 0.702. The van der Waals surface area contributed by atoms with E-state index in [1.165, 1.54) is 0 Å². The molecule has 0 saturated heterocycles. The fourth-order valence-corrected chi connectivity index (χ4v) is 1.36. The van der Waals surface area contributed by atoms with E-state index in [-0.39, 0.29) is 5.78 Å². The van der Waals surface area contributed by atoms with Gasteiger partial charge in [-0.3, -0.25) is 4.79 Å². The second kappa shape index (κ2) is 6.83. The summed E-state index contributed by atoms with van der Waals surface area (Å²) >= 11 is 0. The first-order valence-electron chi connectivity index (χ1n) is 5.63. The molecule has 16 heavy (non-hydrogen) atoms. The molecule has 0 spiro atoms. The van der Waals surface area contributed by atoms with Crippen LogP contribution in [0.5, 0.6) is 5.75 Å². The van der Waals surface area contributed by atoms with Gasteiger partial charge in [-0.1, -0.05) is 25.8 Å². The maximum absolute atomic E-state index is 11.7. The zero-order valence-electron chi connectivity index (χ0n) is 9.90. The van der Waals surface area contributed by atoms with Crippen LogP contribution >= 0.6 is 0 Å². The van der Waals surface area contributed by atoms with Gasteiger partial charge in [0, 0.05) is 5.56 Å². The zero-order valence-corrected chi connectivity index (χ0v) is 9.90. The average Bonchev–Trinajstić information content (AvgIpc) is 2.34. The van der Waals surface area contributed by atoms with E-state index in [1.807, 2.05) is 6.08 Å². The minimum absolute atomic E-state index is 0.0544. The van der Waals surface area contributed by atoms with Crippen LogP contribution in [-0.4, -0.2) is 12.9 Å². The first kappa shape index (κ1) is 12.5. The predicted octanol–water partition coefficient (Wildman–Crippen LogP) is 3.62. The van der Waals surface area contributed by atoms with Crippen LogP contribution in [0.15, 0.2) is 36.4 Å². The Balaban J connectivity index is 2.55. The third kappa shape index (κ3) is 3.89. The normalized spacial score (nSPS) is 10.6. The van der Waals surface area contributed by atoms with E-state index in [0.29, 0.717) is 5.56 Å². The number of hydrogen-bond donors (Lipinski definition) is 0. The standard InChI is InChI=1S/C14H18O2/c1-3-4-5-6-7-14(15)12-8-10-13(16-2)11-9-12/h6-11H,3-5H2,1-2H3/b7-6+. The summed E-state index contributed by atoms with van der Waals surface area (Å²) in [7, 11) is 1.61. The molecule has 0 amide bonds. The lowest BCUT2D eigenvalue weighted by molar-refractivity contribution is 0.104. The third-order valence-electron chi connectivity index (χ3n) is 2.37. The Kier molecular flexibility index (Phi) is 5.34. The van der Waals surface area contributed by atoms with Gasteiger partial charge in [-0.2, -0.15) is 0 Å². The number of carbonyl (C=O) groups is 1. The Labute approximate surface area is 96.9 Å². The van der Waals surface area contributed by atoms with Crippen LogP contribution in [0.2, 0.25) is 0 Å². The van der Waals surface area contributed by atoms with E-state index < -0.39 is 0 Å². The van der Waals surface area contributed by atoms with Gasteiger partial charge < -0.3 is 4.74 Å². The summed E-state index contributed by atoms with van der Waals surface area (Å²) in [5.74, 6) is 0.824. The molecule has 0 fully saturated rings. The topological polar surface area (TPSA) is 26.3 Å². The maximum Gasteiger partial charge on any atom is 0.185 e. The van der Waals surface area contributed by atoms with Crippen molar-refractivity contribution in [1.82, 2.24) is 0 Å². The summed E-state index contributed by atoms with van der Waals surface area (Å²) in [6.07, 6.45) is 6.85. The lowest BCUT2D eigenvalue weighted by Gasteiger charge is -1.99. The van der Waals surface area contributed by atoms with Gasteiger partial charge in [-0.25, -0.2) is 0 Å². The van der Waals surface area contributed by atoms with Gasteiger partial charge >= 0.3 is 0 Å². The van der Waals surface area contributed by atoms with Crippen molar-refractivity contribution in [3.63, 3.8) is 0 Å². The molecule has 0 radical (unpaired) electrons. The highest BCUT2D eigenvalue weighted by atomic mass is 16.5. The van der Waals surface area contributed by atoms with Crippen LogP contribution in [-0.2, 0) is 0 Å². The molecule has 1 rings (SSSR count). The minimum atomic E-state index is 0.0544. The molecule has 2 nitrogen and oxygen atoms in total. The van der Waals surface area contributed by atoms with Crippen molar-refractivity contribution in [3.8, 4) is 5.75 Å². The SMILES string of the molecule is CCCC/C=C/C(=O)c1ccc(OC)cc1. The van der Waals surface area contributed by atoms with Crippen LogP contribution in [0.1, 0.15) is 36.5 Å². The number of ether oxygens (including phenoxy) is 1. The van der Waals surface area contributed by atoms with Crippen LogP contribution < -0.4 is 4.74 Å². The highest BCUT2D eigenvalue weighted by Crippen LogP contribution is 2.12. The quantitative estimate of drug-likeness (QED) is 0.414. The second-order valence-corrected chi connectivity index (χ2v) is 3.64. The van der Waals surface area contributed by atoms with Crippen molar-refractivity contribution >= 4 is 5.78 Å². The molecule has 2 heteroatoms. The summed E-state index contributed by atoms with van der Waals surface area (Å²) in [6.45, 7) is 2.14. The smallest absolute Gasteiger partial charge is 0.185 e. The van der Waals surface area contributed by atoms with Gasteiger partial charge in [0.25, 0.3) is 0 Å². The number of allylic oxidation sites excluding steroid dienone is 2. The molecule has 0 aliphatic rings. The Hall–Kier alpha value is -1.57. The molecule has 0 bridgehead atoms. The Morgan fingerprint density at radius 3 is 2.56 bits per heavy atom. The van der Waals surface area contributed by atoms with Gasteiger partial charge in [-0.05, 0) is 36.8 Å². The Morgan fingerprint density at radius 1 is 1.31 bits per heavy atom. The summed E-state index contributed by atoms with van der Waals surface area (Å²) < 4.78 is 5.03. The summed E-state index contributed by atoms with van der Waals surface area (Å²) in [5, 5.41) is 0. The van der Waals surface area contributed by atoms with Gasteiger partial charge in [0.2, 0.25) is 0 Å². The summed E-state index contributed by atoms with van der Waals surface area (Å²) in [4.78, 5) is 11.7. The Morgan fingerprint density at radius 2 is 2.00 bits per heavy atom. The number of ketones is 1. The fourth-order valence-electron chi connectivity index (χ4n) is 1.36. The number of carbonyl (C=O) groups excluding carboxylic acids is 1. The van der Waals surface area contributed by atoms with Gasteiger partial charge in [0.15, 0.2) is 5.78 Å². The number of unbranched alkanes of at least 4 members (excludes halogenated alkanes) is 2. The monoisotopic (exact) mass is 218 g/mol. The largest absolute Gasteiger partial charge is 0.497 e. The van der Waals surface area contributed by atoms with E-state index in [9.17, 15) is 4.79 Å². The van der Waals surface area contributed by atoms with Crippen molar-refractivity contribution in [2.75, 3.05) is 7.11 Å². The molecular formula is C14H18O2. The number of benzene rings is 1. The molecule has 0 heterocycles. The molecular weight excluding hydrogens is 200 g/mol. The molecule has 0 saturated carbocycles. The van der Waals surface area contributed by atoms with Gasteiger partial charge in [-0.15, -0.1) is 0 Å². The van der Waals surface area contributed by atoms with Crippen molar-refractivity contribution in [1.29, 1.82) is 0 Å². The van der Waals surface area contributed by atoms with E-state index in [4.69, 9.17) is 4.74 Å². The van der Waals surface area contributed by atoms with Crippen LogP contribution in [0.3, 0.4) is 0 Å². The molecule has 0 unspecified atom stereocenters. The van der Waals surface area contributed by atoms with Gasteiger partial charge in [0.05, 0.1) is 7.11 Å².